The van der Waals surface area contributed by atoms with E-state index < -0.39 is 35.5 Å². The maximum absolute atomic E-state index is 14.9. The Morgan fingerprint density at radius 3 is 1.62 bits per heavy atom. The highest BCUT2D eigenvalue weighted by molar-refractivity contribution is 6.24. The Kier molecular flexibility index (Phi) is 12.3. The second kappa shape index (κ2) is 18.6. The van der Waals surface area contributed by atoms with Crippen molar-refractivity contribution in [1.29, 1.82) is 0 Å². The lowest BCUT2D eigenvalue weighted by atomic mass is 9.57. The SMILES string of the molecule is COc1ccc(OC)c(C=Cc2ccc(N3C(=O)[C@H]4[C@H](CC=C5[C@H]4C[C@H]4C(=O)N(c6ccc(C=Cc7cc(OC)ccc7OC)cc6)C(=O)[C@H]4[C@H]5c4ccccc4OCCO)C3=O)cc2)c1. The first-order valence-electron chi connectivity index (χ1n) is 22.0. The molecule has 2 aliphatic heterocycles. The van der Waals surface area contributed by atoms with Crippen molar-refractivity contribution in [2.45, 2.75) is 18.8 Å². The van der Waals surface area contributed by atoms with Gasteiger partial charge in [-0.2, -0.15) is 0 Å². The molecule has 6 atom stereocenters. The number of carbonyl (C=O) groups excluding carboxylic acids is 4. The Morgan fingerprint density at radius 1 is 0.561 bits per heavy atom. The van der Waals surface area contributed by atoms with Gasteiger partial charge in [-0.3, -0.25) is 29.0 Å². The molecule has 2 aliphatic carbocycles. The molecule has 66 heavy (non-hydrogen) atoms. The highest BCUT2D eigenvalue weighted by Gasteiger charge is 2.62. The molecular weight excluding hydrogens is 837 g/mol. The summed E-state index contributed by atoms with van der Waals surface area (Å²) >= 11 is 0. The lowest BCUT2D eigenvalue weighted by Crippen LogP contribution is -2.43. The van der Waals surface area contributed by atoms with Crippen molar-refractivity contribution in [2.24, 2.45) is 29.6 Å². The summed E-state index contributed by atoms with van der Waals surface area (Å²) < 4.78 is 27.9. The van der Waals surface area contributed by atoms with Gasteiger partial charge in [0.1, 0.15) is 35.4 Å². The number of fused-ring (bicyclic) bond motifs is 4. The van der Waals surface area contributed by atoms with E-state index in [0.717, 1.165) is 27.8 Å². The number of methoxy groups -OCH3 is 4. The number of benzene rings is 5. The molecule has 3 fully saturated rings. The molecule has 1 N–H and O–H groups in total. The van der Waals surface area contributed by atoms with Crippen LogP contribution in [-0.4, -0.2) is 70.4 Å². The average Bonchev–Trinajstić information content (AvgIpc) is 3.76. The number of hydrogen-bond acceptors (Lipinski definition) is 10. The zero-order chi connectivity index (χ0) is 46.1. The fraction of sp³-hybridized carbons (Fsp3) is 0.259. The Morgan fingerprint density at radius 2 is 1.09 bits per heavy atom. The first-order chi connectivity index (χ1) is 32.2. The normalized spacial score (nSPS) is 22.3. The lowest BCUT2D eigenvalue weighted by molar-refractivity contribution is -0.126. The van der Waals surface area contributed by atoms with Gasteiger partial charge >= 0.3 is 0 Å². The number of amides is 4. The molecule has 0 bridgehead atoms. The topological polar surface area (TPSA) is 141 Å². The molecule has 0 unspecified atom stereocenters. The monoisotopic (exact) mass is 886 g/mol. The van der Waals surface area contributed by atoms with Crippen LogP contribution in [-0.2, 0) is 19.2 Å². The Hall–Kier alpha value is -7.44. The fourth-order valence-corrected chi connectivity index (χ4v) is 10.3. The quantitative estimate of drug-likeness (QED) is 0.0656. The summed E-state index contributed by atoms with van der Waals surface area (Å²) in [7, 11) is 6.42. The number of aliphatic hydroxyl groups excluding tert-OH is 1. The third-order valence-corrected chi connectivity index (χ3v) is 13.3. The number of rotatable bonds is 14. The number of para-hydroxylation sites is 1. The van der Waals surface area contributed by atoms with Gasteiger partial charge in [0.05, 0.1) is 70.1 Å². The summed E-state index contributed by atoms with van der Waals surface area (Å²) in [5, 5.41) is 9.72. The number of aliphatic hydroxyl groups is 1. The molecule has 4 amide bonds. The van der Waals surface area contributed by atoms with Crippen molar-refractivity contribution < 1.29 is 48.0 Å². The molecule has 2 heterocycles. The fourth-order valence-electron chi connectivity index (χ4n) is 10.3. The van der Waals surface area contributed by atoms with Crippen LogP contribution in [0.3, 0.4) is 0 Å². The summed E-state index contributed by atoms with van der Waals surface area (Å²) in [6.45, 7) is -0.189. The van der Waals surface area contributed by atoms with Gasteiger partial charge in [-0.25, -0.2) is 0 Å². The number of imide groups is 2. The van der Waals surface area contributed by atoms with E-state index in [0.29, 0.717) is 52.1 Å². The Labute approximate surface area is 383 Å². The maximum atomic E-state index is 14.9. The lowest BCUT2D eigenvalue weighted by Gasteiger charge is -2.44. The molecule has 9 rings (SSSR count). The van der Waals surface area contributed by atoms with Crippen molar-refractivity contribution in [3.05, 3.63) is 149 Å². The summed E-state index contributed by atoms with van der Waals surface area (Å²) in [5.41, 5.74) is 5.78. The van der Waals surface area contributed by atoms with E-state index >= 15 is 0 Å². The zero-order valence-electron chi connectivity index (χ0n) is 37.1. The minimum absolute atomic E-state index is 0.0289. The minimum atomic E-state index is -0.795. The minimum Gasteiger partial charge on any atom is -0.497 e. The van der Waals surface area contributed by atoms with E-state index in [4.69, 9.17) is 23.7 Å². The molecule has 0 spiro atoms. The van der Waals surface area contributed by atoms with Crippen LogP contribution in [0.4, 0.5) is 11.4 Å². The van der Waals surface area contributed by atoms with E-state index in [-0.39, 0.29) is 43.3 Å². The standard InChI is InChI=1S/C54H50N2O10/c1-62-38-21-25-45(64-3)34(29-38)15-9-32-11-17-36(18-12-32)55-51(58)42-24-23-40-43(49(42)53(55)60)31-44-50(48(40)41-7-5-6-8-47(41)66-28-27-57)54(61)56(52(44)59)37-19-13-33(14-20-37)10-16-35-30-39(63-2)22-26-46(35)65-4/h5-23,25-26,29-30,42-44,48-50,57H,24,27-28,31H2,1-4H3/t42-,43+,44+,48+,49-,50+/m0/s1. The van der Waals surface area contributed by atoms with Crippen LogP contribution in [0.5, 0.6) is 28.7 Å². The molecule has 12 nitrogen and oxygen atoms in total. The van der Waals surface area contributed by atoms with Gasteiger partial charge < -0.3 is 28.8 Å². The molecule has 0 radical (unpaired) electrons. The zero-order valence-corrected chi connectivity index (χ0v) is 37.1. The Bertz CT molecular complexity index is 2780. The molecule has 0 aromatic heterocycles. The van der Waals surface area contributed by atoms with E-state index in [1.54, 1.807) is 58.8 Å². The summed E-state index contributed by atoms with van der Waals surface area (Å²) in [5.74, 6) is -2.14. The molecule has 12 heteroatoms. The van der Waals surface area contributed by atoms with Gasteiger partial charge in [-0.1, -0.05) is 78.4 Å². The van der Waals surface area contributed by atoms with E-state index in [2.05, 4.69) is 0 Å². The molecule has 1 saturated carbocycles. The predicted octanol–water partition coefficient (Wildman–Crippen LogP) is 8.48. The summed E-state index contributed by atoms with van der Waals surface area (Å²) in [6, 6.07) is 32.9. The summed E-state index contributed by atoms with van der Waals surface area (Å²) in [4.78, 5) is 61.3. The van der Waals surface area contributed by atoms with Crippen LogP contribution in [0.25, 0.3) is 24.3 Å². The molecule has 5 aromatic rings. The second-order valence-electron chi connectivity index (χ2n) is 16.7. The predicted molar refractivity (Wildman–Crippen MR) is 251 cm³/mol. The van der Waals surface area contributed by atoms with Crippen LogP contribution >= 0.6 is 0 Å². The number of anilines is 2. The molecule has 5 aromatic carbocycles. The van der Waals surface area contributed by atoms with Gasteiger partial charge in [-0.15, -0.1) is 0 Å². The average molecular weight is 887 g/mol. The number of allylic oxidation sites excluding steroid dienone is 2. The summed E-state index contributed by atoms with van der Waals surface area (Å²) in [6.07, 6.45) is 10.2. The number of hydrogen-bond donors (Lipinski definition) is 1. The van der Waals surface area contributed by atoms with Gasteiger partial charge in [0.2, 0.25) is 23.6 Å². The van der Waals surface area contributed by atoms with Crippen molar-refractivity contribution >= 4 is 59.3 Å². The first kappa shape index (κ1) is 43.8. The molecule has 336 valence electrons. The van der Waals surface area contributed by atoms with Crippen LogP contribution < -0.4 is 33.5 Å². The van der Waals surface area contributed by atoms with Gasteiger partial charge in [-0.05, 0) is 96.6 Å². The highest BCUT2D eigenvalue weighted by atomic mass is 16.5. The third kappa shape index (κ3) is 7.91. The number of nitrogens with zero attached hydrogens (tertiary/aromatic N) is 2. The third-order valence-electron chi connectivity index (χ3n) is 13.3. The van der Waals surface area contributed by atoms with E-state index in [1.165, 1.54) is 9.80 Å². The second-order valence-corrected chi connectivity index (χ2v) is 16.7. The van der Waals surface area contributed by atoms with Crippen molar-refractivity contribution in [3.8, 4) is 28.7 Å². The van der Waals surface area contributed by atoms with Gasteiger partial charge in [0.15, 0.2) is 0 Å². The largest absolute Gasteiger partial charge is 0.497 e. The van der Waals surface area contributed by atoms with Crippen LogP contribution in [0, 0.1) is 29.6 Å². The van der Waals surface area contributed by atoms with Gasteiger partial charge in [0.25, 0.3) is 0 Å². The molecule has 4 aliphatic rings. The maximum Gasteiger partial charge on any atom is 0.238 e. The number of ether oxygens (including phenoxy) is 5. The van der Waals surface area contributed by atoms with Gasteiger partial charge in [0, 0.05) is 22.6 Å². The molecule has 2 saturated heterocycles. The van der Waals surface area contributed by atoms with Crippen LogP contribution in [0.2, 0.25) is 0 Å². The van der Waals surface area contributed by atoms with E-state index in [9.17, 15) is 24.3 Å². The molecular formula is C54H50N2O10. The smallest absolute Gasteiger partial charge is 0.238 e. The van der Waals surface area contributed by atoms with Crippen LogP contribution in [0.1, 0.15) is 46.6 Å². The van der Waals surface area contributed by atoms with Crippen molar-refractivity contribution in [2.75, 3.05) is 51.5 Å². The van der Waals surface area contributed by atoms with E-state index in [1.807, 2.05) is 109 Å². The van der Waals surface area contributed by atoms with Crippen molar-refractivity contribution in [1.82, 2.24) is 0 Å². The van der Waals surface area contributed by atoms with Crippen molar-refractivity contribution in [3.63, 3.8) is 0 Å². The number of carbonyl (C=O) groups is 4. The first-order valence-corrected chi connectivity index (χ1v) is 22.0. The Balaban J connectivity index is 1.01. The van der Waals surface area contributed by atoms with Crippen LogP contribution in [0.15, 0.2) is 121 Å². The highest BCUT2D eigenvalue weighted by Crippen LogP contribution is 2.59.